The molecule has 0 bridgehead atoms. The molecule has 0 aliphatic rings. The molecule has 23 heteroatoms. The molecule has 1 heterocycles. The smallest absolute Gasteiger partial charge is 0.207 e. The number of nitrogens with zero attached hydrogens (tertiary/aromatic N) is 1. The Morgan fingerprint density at radius 1 is 0.435 bits per heavy atom. The van der Waals surface area contributed by atoms with Crippen molar-refractivity contribution < 1.29 is 92.4 Å². The van der Waals surface area contributed by atoms with Gasteiger partial charge in [0.15, 0.2) is 82.5 Å². The van der Waals surface area contributed by atoms with Gasteiger partial charge in [0.25, 0.3) is 0 Å². The molecule has 1 nitrogen and oxygen atoms in total. The molecule has 0 saturated carbocycles. The number of benzene rings is 6. The van der Waals surface area contributed by atoms with Crippen LogP contribution < -0.4 is 26.4 Å². The molecule has 1 unspecified atom stereocenters. The summed E-state index contributed by atoms with van der Waals surface area (Å²) in [5, 5.41) is 3.02. The molecule has 69 heavy (non-hydrogen) atoms. The van der Waals surface area contributed by atoms with E-state index in [1.165, 1.54) is 22.0 Å². The lowest BCUT2D eigenvalue weighted by Crippen LogP contribution is -2.81. The van der Waals surface area contributed by atoms with Crippen LogP contribution >= 0.6 is 12.6 Å². The van der Waals surface area contributed by atoms with Gasteiger partial charge in [0.1, 0.15) is 52.7 Å². The lowest BCUT2D eigenvalue weighted by atomic mass is 9.12. The highest BCUT2D eigenvalue weighted by atomic mass is 32.1. The summed E-state index contributed by atoms with van der Waals surface area (Å²) < 4.78 is 296. The van der Waals surface area contributed by atoms with Gasteiger partial charge in [0.2, 0.25) is 5.69 Å². The zero-order chi connectivity index (χ0) is 51.1. The van der Waals surface area contributed by atoms with Gasteiger partial charge in [-0.1, -0.05) is 61.5 Å². The second-order valence-electron chi connectivity index (χ2n) is 15.0. The molecule has 1 atom stereocenters. The second kappa shape index (κ2) is 20.2. The van der Waals surface area contributed by atoms with Crippen LogP contribution in [0.1, 0.15) is 31.0 Å². The van der Waals surface area contributed by atoms with Gasteiger partial charge in [0, 0.05) is 17.7 Å². The van der Waals surface area contributed by atoms with E-state index in [1.54, 1.807) is 0 Å². The molecule has 6 aromatic carbocycles. The molecule has 7 aromatic rings. The summed E-state index contributed by atoms with van der Waals surface area (Å²) >= 11 is 4.46. The minimum absolute atomic E-state index is 0.443. The van der Waals surface area contributed by atoms with Crippen molar-refractivity contribution >= 4 is 57.5 Å². The van der Waals surface area contributed by atoms with Crippen molar-refractivity contribution in [2.75, 3.05) is 0 Å². The molecule has 0 N–H and O–H groups in total. The number of allylic oxidation sites excluding steroid dienone is 1. The maximum atomic E-state index is 15.4. The van der Waals surface area contributed by atoms with Gasteiger partial charge < -0.3 is 0 Å². The quantitative estimate of drug-likeness (QED) is 0.0348. The summed E-state index contributed by atoms with van der Waals surface area (Å²) in [5.41, 5.74) is -11.7. The van der Waals surface area contributed by atoms with Crippen LogP contribution in [-0.2, 0) is 6.54 Å². The second-order valence-corrected chi connectivity index (χ2v) is 15.9. The lowest BCUT2D eigenvalue weighted by Gasteiger charge is -2.44. The fourth-order valence-electron chi connectivity index (χ4n) is 7.79. The summed E-state index contributed by atoms with van der Waals surface area (Å²) in [6, 6.07) is 21.4. The van der Waals surface area contributed by atoms with Crippen LogP contribution in [0, 0.1) is 116 Å². The minimum Gasteiger partial charge on any atom is -0.207 e. The molecule has 362 valence electrons. The Morgan fingerprint density at radius 3 is 1.10 bits per heavy atom. The van der Waals surface area contributed by atoms with Gasteiger partial charge >= 0.3 is 0 Å². The predicted octanol–water partition coefficient (Wildman–Crippen LogP) is 11.1. The van der Waals surface area contributed by atoms with Crippen LogP contribution in [0.5, 0.6) is 0 Å². The van der Waals surface area contributed by atoms with Gasteiger partial charge in [-0.05, 0) is 29.5 Å². The molecule has 0 amide bonds. The van der Waals surface area contributed by atoms with E-state index in [0.717, 1.165) is 19.4 Å². The fourth-order valence-corrected chi connectivity index (χ4v) is 7.94. The Bertz CT molecular complexity index is 2800. The zero-order valence-electron chi connectivity index (χ0n) is 34.2. The molecular weight excluding hydrogens is 989 g/mol. The maximum Gasteiger partial charge on any atom is 0.213 e. The van der Waals surface area contributed by atoms with Gasteiger partial charge in [-0.2, -0.15) is 17.2 Å². The van der Waals surface area contributed by atoms with E-state index in [4.69, 9.17) is 0 Å². The van der Waals surface area contributed by atoms with Gasteiger partial charge in [-0.25, -0.2) is 87.8 Å². The number of rotatable bonds is 10. The molecule has 0 radical (unpaired) electrons. The third kappa shape index (κ3) is 8.88. The number of hydrogen-bond donors (Lipinski definition) is 1. The Balaban J connectivity index is 0.000000273. The van der Waals surface area contributed by atoms with Crippen molar-refractivity contribution in [2.45, 2.75) is 31.6 Å². The maximum absolute atomic E-state index is 15.4. The van der Waals surface area contributed by atoms with E-state index in [0.29, 0.717) is 5.25 Å². The minimum atomic E-state index is -7.22. The number of hydrogen-bond acceptors (Lipinski definition) is 1. The highest BCUT2D eigenvalue weighted by Crippen LogP contribution is 2.31. The number of thiol groups is 1. The first-order chi connectivity index (χ1) is 32.4. The monoisotopic (exact) mass is 1010 g/mol. The first-order valence-corrected chi connectivity index (χ1v) is 20.0. The Hall–Kier alpha value is -6.52. The molecule has 1 aromatic heterocycles. The molecule has 0 saturated heterocycles. The van der Waals surface area contributed by atoms with Crippen LogP contribution in [0.3, 0.4) is 0 Å². The van der Waals surface area contributed by atoms with Crippen molar-refractivity contribution in [1.29, 1.82) is 0 Å². The summed E-state index contributed by atoms with van der Waals surface area (Å²) in [6.45, 7) is 3.03. The van der Waals surface area contributed by atoms with Gasteiger partial charge in [-0.3, -0.25) is 0 Å². The molecular formula is C46H24BF20NS. The molecule has 0 spiro atoms. The highest BCUT2D eigenvalue weighted by Gasteiger charge is 2.52. The van der Waals surface area contributed by atoms with Crippen LogP contribution in [0.15, 0.2) is 72.9 Å². The van der Waals surface area contributed by atoms with Crippen LogP contribution in [-0.4, -0.2) is 11.4 Å². The molecule has 7 rings (SSSR count). The van der Waals surface area contributed by atoms with E-state index >= 15 is 35.1 Å². The topological polar surface area (TPSA) is 3.88 Å². The first-order valence-electron chi connectivity index (χ1n) is 19.5. The number of pyridine rings is 1. The third-order valence-corrected chi connectivity index (χ3v) is 11.2. The standard InChI is InChI=1S/C24BF20.C22H23NS/c26-5-1(6(27)14(35)21(42)13(5)34)25(2-7(28)15(36)22(43)16(37)8(2)29,3-9(30)17(38)23(44)18(39)10(3)31)4-11(32)19(40)24(45)20(41)12(4)33;1-18(24)9-5-8-14-22-21-13-7-6-12-20(21)15-16-23(22)17-19-10-3-2-4-11-19/h;2-4,6-8,10-16,18H,5,9,17H2,1H3/q-1;/p+1. The summed E-state index contributed by atoms with van der Waals surface area (Å²) in [4.78, 5) is 0. The number of aromatic nitrogens is 1. The van der Waals surface area contributed by atoms with E-state index in [9.17, 15) is 52.7 Å². The average Bonchev–Trinajstić information content (AvgIpc) is 3.33. The normalized spacial score (nSPS) is 12.3. The Labute approximate surface area is 381 Å². The average molecular weight is 1010 g/mol. The molecule has 0 fully saturated rings. The lowest BCUT2D eigenvalue weighted by molar-refractivity contribution is -0.688. The van der Waals surface area contributed by atoms with Crippen molar-refractivity contribution in [2.24, 2.45) is 0 Å². The Kier molecular flexibility index (Phi) is 15.2. The van der Waals surface area contributed by atoms with Gasteiger partial charge in [0.05, 0.1) is 5.39 Å². The summed E-state index contributed by atoms with van der Waals surface area (Å²) in [5.74, 6) is -71.4. The van der Waals surface area contributed by atoms with Crippen LogP contribution in [0.25, 0.3) is 16.8 Å². The predicted molar refractivity (Wildman–Crippen MR) is 216 cm³/mol. The molecule has 0 aliphatic carbocycles. The van der Waals surface area contributed by atoms with Crippen LogP contribution in [0.4, 0.5) is 87.8 Å². The van der Waals surface area contributed by atoms with E-state index in [1.807, 2.05) is 0 Å². The van der Waals surface area contributed by atoms with Crippen LogP contribution in [0.2, 0.25) is 0 Å². The third-order valence-electron chi connectivity index (χ3n) is 10.9. The van der Waals surface area contributed by atoms with E-state index in [-0.39, 0.29) is 0 Å². The number of halogens is 20. The molecule has 0 aliphatic heterocycles. The zero-order valence-corrected chi connectivity index (χ0v) is 35.1. The largest absolute Gasteiger partial charge is 0.213 e. The van der Waals surface area contributed by atoms with Gasteiger partial charge in [-0.15, -0.1) is 21.9 Å². The van der Waals surface area contributed by atoms with Crippen molar-refractivity contribution in [3.8, 4) is 0 Å². The number of fused-ring (bicyclic) bond motifs is 1. The highest BCUT2D eigenvalue weighted by molar-refractivity contribution is 7.80. The van der Waals surface area contributed by atoms with Crippen molar-refractivity contribution in [1.82, 2.24) is 0 Å². The Morgan fingerprint density at radius 2 is 0.754 bits per heavy atom. The summed E-state index contributed by atoms with van der Waals surface area (Å²) in [7, 11) is 0. The van der Waals surface area contributed by atoms with Crippen molar-refractivity contribution in [3.63, 3.8) is 0 Å². The van der Waals surface area contributed by atoms with E-state index in [2.05, 4.69) is 103 Å². The van der Waals surface area contributed by atoms with Crippen molar-refractivity contribution in [3.05, 3.63) is 201 Å². The fraction of sp³-hybridized carbons (Fsp3) is 0.109. The van der Waals surface area contributed by atoms with E-state index < -0.39 is 144 Å². The SMILES string of the molecule is CC(S)CCC=Cc1c2ccccc2cc[n+]1Cc1ccccc1.Fc1c(F)c(F)c([B-](c2c(F)c(F)c(F)c(F)c2F)(c2c(F)c(F)c(F)c(F)c2F)c2c(F)c(F)c(F)c(F)c2F)c(F)c1F. The summed E-state index contributed by atoms with van der Waals surface area (Å²) in [6.07, 6.45) is 1.67. The first kappa shape index (κ1) is 51.9.